The lowest BCUT2D eigenvalue weighted by Crippen LogP contribution is -2.39. The molecule has 2 rings (SSSR count). The minimum Gasteiger partial charge on any atom is -0.387 e. The van der Waals surface area contributed by atoms with Crippen molar-refractivity contribution in [2.75, 3.05) is 13.1 Å². The molecule has 0 bridgehead atoms. The molecule has 1 unspecified atom stereocenters. The number of carbonyl (C=O) groups excluding carboxylic acids is 1. The normalized spacial score (nSPS) is 11.9. The summed E-state index contributed by atoms with van der Waals surface area (Å²) in [7, 11) is 0. The van der Waals surface area contributed by atoms with Crippen LogP contribution in [-0.4, -0.2) is 33.8 Å². The average Bonchev–Trinajstić information content (AvgIpc) is 2.98. The highest BCUT2D eigenvalue weighted by Gasteiger charge is 2.09. The number of nitrogens with zero attached hydrogens (tertiary/aromatic N) is 2. The smallest absolute Gasteiger partial charge is 0.314 e. The molecule has 7 heteroatoms. The first kappa shape index (κ1) is 15.0. The van der Waals surface area contributed by atoms with E-state index in [1.807, 2.05) is 4.57 Å². The number of halogens is 1. The van der Waals surface area contributed by atoms with Gasteiger partial charge in [-0.25, -0.2) is 14.2 Å². The largest absolute Gasteiger partial charge is 0.387 e. The number of hydrogen-bond donors (Lipinski definition) is 3. The lowest BCUT2D eigenvalue weighted by atomic mass is 10.1. The number of aliphatic hydroxyl groups is 1. The molecule has 0 fully saturated rings. The van der Waals surface area contributed by atoms with Crippen molar-refractivity contribution in [2.24, 2.45) is 0 Å². The molecular formula is C14H17FN4O2. The van der Waals surface area contributed by atoms with Crippen molar-refractivity contribution in [1.82, 2.24) is 20.2 Å². The maximum Gasteiger partial charge on any atom is 0.314 e. The molecule has 0 spiro atoms. The molecule has 1 atom stereocenters. The van der Waals surface area contributed by atoms with Crippen LogP contribution in [-0.2, 0) is 6.54 Å². The van der Waals surface area contributed by atoms with Crippen LogP contribution in [0.25, 0.3) is 0 Å². The Morgan fingerprint density at radius 2 is 2.29 bits per heavy atom. The first-order valence-electron chi connectivity index (χ1n) is 6.56. The topological polar surface area (TPSA) is 79.2 Å². The Labute approximate surface area is 121 Å². The third-order valence-electron chi connectivity index (χ3n) is 2.90. The zero-order valence-corrected chi connectivity index (χ0v) is 11.4. The van der Waals surface area contributed by atoms with Crippen molar-refractivity contribution in [3.63, 3.8) is 0 Å². The van der Waals surface area contributed by atoms with Crippen molar-refractivity contribution >= 4 is 6.03 Å². The molecule has 0 aliphatic rings. The van der Waals surface area contributed by atoms with Gasteiger partial charge in [0, 0.05) is 32.0 Å². The number of urea groups is 1. The van der Waals surface area contributed by atoms with Gasteiger partial charge in [-0.05, 0) is 17.7 Å². The molecule has 112 valence electrons. The van der Waals surface area contributed by atoms with E-state index in [1.165, 1.54) is 18.2 Å². The van der Waals surface area contributed by atoms with E-state index in [0.29, 0.717) is 18.7 Å². The van der Waals surface area contributed by atoms with Gasteiger partial charge in [0.15, 0.2) is 0 Å². The number of nitrogens with one attached hydrogen (secondary N) is 2. The lowest BCUT2D eigenvalue weighted by molar-refractivity contribution is 0.172. The molecule has 1 aromatic heterocycles. The molecule has 0 aliphatic heterocycles. The van der Waals surface area contributed by atoms with Crippen LogP contribution in [0, 0.1) is 5.82 Å². The van der Waals surface area contributed by atoms with Gasteiger partial charge in [-0.2, -0.15) is 0 Å². The first-order chi connectivity index (χ1) is 10.1. The van der Waals surface area contributed by atoms with E-state index in [-0.39, 0.29) is 12.6 Å². The highest BCUT2D eigenvalue weighted by molar-refractivity contribution is 5.73. The van der Waals surface area contributed by atoms with Gasteiger partial charge in [-0.1, -0.05) is 12.1 Å². The summed E-state index contributed by atoms with van der Waals surface area (Å²) < 4.78 is 14.8. The Morgan fingerprint density at radius 3 is 3.00 bits per heavy atom. The fourth-order valence-electron chi connectivity index (χ4n) is 1.80. The summed E-state index contributed by atoms with van der Waals surface area (Å²) in [6.07, 6.45) is 4.18. The second-order valence-electron chi connectivity index (χ2n) is 4.51. The Kier molecular flexibility index (Phi) is 5.28. The van der Waals surface area contributed by atoms with Crippen LogP contribution in [0.3, 0.4) is 0 Å². The number of imidazole rings is 1. The summed E-state index contributed by atoms with van der Waals surface area (Å²) in [4.78, 5) is 15.4. The van der Waals surface area contributed by atoms with E-state index in [0.717, 1.165) is 0 Å². The second-order valence-corrected chi connectivity index (χ2v) is 4.51. The fraction of sp³-hybridized carbons (Fsp3) is 0.286. The molecule has 0 radical (unpaired) electrons. The van der Waals surface area contributed by atoms with Crippen LogP contribution in [0.5, 0.6) is 0 Å². The van der Waals surface area contributed by atoms with Crippen molar-refractivity contribution in [2.45, 2.75) is 12.6 Å². The summed E-state index contributed by atoms with van der Waals surface area (Å²) in [5, 5.41) is 15.0. The highest BCUT2D eigenvalue weighted by atomic mass is 19.1. The molecule has 0 saturated heterocycles. The maximum absolute atomic E-state index is 13.0. The van der Waals surface area contributed by atoms with Gasteiger partial charge < -0.3 is 20.3 Å². The molecule has 21 heavy (non-hydrogen) atoms. The summed E-state index contributed by atoms with van der Waals surface area (Å²) >= 11 is 0. The predicted molar refractivity (Wildman–Crippen MR) is 75.0 cm³/mol. The monoisotopic (exact) mass is 292 g/mol. The number of aromatic nitrogens is 2. The van der Waals surface area contributed by atoms with Crippen molar-refractivity contribution in [3.8, 4) is 0 Å². The Morgan fingerprint density at radius 1 is 1.43 bits per heavy atom. The molecule has 1 heterocycles. The van der Waals surface area contributed by atoms with Gasteiger partial charge in [0.25, 0.3) is 0 Å². The highest BCUT2D eigenvalue weighted by Crippen LogP contribution is 2.12. The van der Waals surface area contributed by atoms with Crippen LogP contribution < -0.4 is 10.6 Å². The van der Waals surface area contributed by atoms with Crippen LogP contribution in [0.15, 0.2) is 43.0 Å². The molecule has 1 aromatic carbocycles. The number of benzene rings is 1. The van der Waals surface area contributed by atoms with Crippen LogP contribution in [0.1, 0.15) is 11.7 Å². The van der Waals surface area contributed by atoms with E-state index in [2.05, 4.69) is 15.6 Å². The first-order valence-corrected chi connectivity index (χ1v) is 6.56. The molecule has 3 N–H and O–H groups in total. The van der Waals surface area contributed by atoms with Crippen molar-refractivity contribution in [3.05, 3.63) is 54.4 Å². The van der Waals surface area contributed by atoms with Crippen LogP contribution >= 0.6 is 0 Å². The van der Waals surface area contributed by atoms with E-state index in [4.69, 9.17) is 0 Å². The Balaban J connectivity index is 1.68. The van der Waals surface area contributed by atoms with Gasteiger partial charge in [0.1, 0.15) is 5.82 Å². The lowest BCUT2D eigenvalue weighted by Gasteiger charge is -2.13. The molecule has 2 amide bonds. The maximum atomic E-state index is 13.0. The number of carbonyl (C=O) groups is 1. The summed E-state index contributed by atoms with van der Waals surface area (Å²) in [6.45, 7) is 1.07. The molecule has 0 saturated carbocycles. The van der Waals surface area contributed by atoms with Gasteiger partial charge in [-0.15, -0.1) is 0 Å². The zero-order chi connectivity index (χ0) is 15.1. The minimum absolute atomic E-state index is 0.0142. The van der Waals surface area contributed by atoms with Crippen LogP contribution in [0.2, 0.25) is 0 Å². The number of amides is 2. The van der Waals surface area contributed by atoms with Gasteiger partial charge in [-0.3, -0.25) is 0 Å². The van der Waals surface area contributed by atoms with E-state index >= 15 is 0 Å². The van der Waals surface area contributed by atoms with Crippen molar-refractivity contribution in [1.29, 1.82) is 0 Å². The SMILES string of the molecule is O=C(NCCn1ccnc1)NCC(O)c1cccc(F)c1. The van der Waals surface area contributed by atoms with E-state index in [9.17, 15) is 14.3 Å². The average molecular weight is 292 g/mol. The second kappa shape index (κ2) is 7.39. The minimum atomic E-state index is -0.944. The standard InChI is InChI=1S/C14H17FN4O2/c15-12-3-1-2-11(8-12)13(20)9-18-14(21)17-5-7-19-6-4-16-10-19/h1-4,6,8,10,13,20H,5,7,9H2,(H2,17,18,21). The molecule has 6 nitrogen and oxygen atoms in total. The summed E-state index contributed by atoms with van der Waals surface area (Å²) in [5.41, 5.74) is 0.425. The summed E-state index contributed by atoms with van der Waals surface area (Å²) in [5.74, 6) is -0.420. The van der Waals surface area contributed by atoms with Gasteiger partial charge >= 0.3 is 6.03 Å². The molecular weight excluding hydrogens is 275 g/mol. The Hall–Kier alpha value is -2.41. The van der Waals surface area contributed by atoms with E-state index in [1.54, 1.807) is 24.8 Å². The number of rotatable bonds is 6. The Bertz CT molecular complexity index is 574. The van der Waals surface area contributed by atoms with Crippen LogP contribution in [0.4, 0.5) is 9.18 Å². The van der Waals surface area contributed by atoms with E-state index < -0.39 is 11.9 Å². The van der Waals surface area contributed by atoms with Gasteiger partial charge in [0.05, 0.1) is 12.4 Å². The summed E-state index contributed by atoms with van der Waals surface area (Å²) in [6, 6.07) is 5.27. The molecule has 2 aromatic rings. The predicted octanol–water partition coefficient (Wildman–Crippen LogP) is 1.05. The number of hydrogen-bond acceptors (Lipinski definition) is 3. The van der Waals surface area contributed by atoms with Gasteiger partial charge in [0.2, 0.25) is 0 Å². The fourth-order valence-corrected chi connectivity index (χ4v) is 1.80. The third-order valence-corrected chi connectivity index (χ3v) is 2.90. The third kappa shape index (κ3) is 4.88. The van der Waals surface area contributed by atoms with Crippen molar-refractivity contribution < 1.29 is 14.3 Å². The molecule has 0 aliphatic carbocycles. The number of aliphatic hydroxyl groups excluding tert-OH is 1. The zero-order valence-electron chi connectivity index (χ0n) is 11.4. The quantitative estimate of drug-likeness (QED) is 0.744.